The quantitative estimate of drug-likeness (QED) is 0.108. The van der Waals surface area contributed by atoms with Crippen LogP contribution in [0.15, 0.2) is 69.5 Å². The Morgan fingerprint density at radius 2 is 1.79 bits per heavy atom. The number of nitrogens with zero attached hydrogens (tertiary/aromatic N) is 2. The van der Waals surface area contributed by atoms with Crippen molar-refractivity contribution in [2.75, 3.05) is 11.9 Å². The number of nitrogens with one attached hydrogen (secondary N) is 1. The molecule has 3 aromatic rings. The van der Waals surface area contributed by atoms with Gasteiger partial charge in [-0.3, -0.25) is 14.9 Å². The average Bonchev–Trinajstić information content (AvgIpc) is 2.86. The molecule has 0 unspecified atom stereocenters. The molecule has 0 radical (unpaired) electrons. The molecule has 0 bridgehead atoms. The molecule has 1 N–H and O–H groups in total. The molecule has 0 saturated heterocycles. The van der Waals surface area contributed by atoms with Gasteiger partial charge in [-0.15, -0.1) is 0 Å². The number of hydrogen-bond donors (Lipinski definition) is 1. The summed E-state index contributed by atoms with van der Waals surface area (Å²) >= 11 is 3.28. The van der Waals surface area contributed by atoms with E-state index in [9.17, 15) is 28.6 Å². The van der Waals surface area contributed by atoms with Crippen LogP contribution >= 0.6 is 15.9 Å². The lowest BCUT2D eigenvalue weighted by atomic mass is 10.1. The fraction of sp³-hybridized carbons (Fsp3) is 0.154. The summed E-state index contributed by atoms with van der Waals surface area (Å²) in [4.78, 5) is 23.4. The van der Waals surface area contributed by atoms with Crippen molar-refractivity contribution in [2.45, 2.75) is 25.7 Å². The number of halogens is 1. The van der Waals surface area contributed by atoms with Crippen LogP contribution in [-0.4, -0.2) is 25.9 Å². The second-order valence-electron chi connectivity index (χ2n) is 8.02. The molecule has 0 atom stereocenters. The van der Waals surface area contributed by atoms with Crippen LogP contribution in [0.5, 0.6) is 11.5 Å². The average molecular weight is 600 g/mol. The first-order valence-electron chi connectivity index (χ1n) is 11.1. The molecule has 0 fully saturated rings. The lowest BCUT2D eigenvalue weighted by molar-refractivity contribution is -0.384. The summed E-state index contributed by atoms with van der Waals surface area (Å²) in [5, 5.41) is 23.3. The zero-order valence-electron chi connectivity index (χ0n) is 20.5. The van der Waals surface area contributed by atoms with E-state index >= 15 is 0 Å². The van der Waals surface area contributed by atoms with E-state index in [4.69, 9.17) is 8.92 Å². The molecule has 196 valence electrons. The maximum atomic E-state index is 12.8. The van der Waals surface area contributed by atoms with Crippen LogP contribution in [0.2, 0.25) is 0 Å². The number of hydrogen-bond acceptors (Lipinski definition) is 8. The Labute approximate surface area is 227 Å². The standard InChI is InChI=1S/C26H22BrN3O7S/c1-4-36-24-14-18(13-21(27)25(24)37-38(34,35)20-8-5-16(2)6-9-20)12-19(15-28)26(31)29-22-10-7-17(3)11-23(22)30(32)33/h5-14H,4H2,1-3H3,(H,29,31)/b19-12+. The Hall–Kier alpha value is -4.21. The molecule has 0 spiro atoms. The first-order chi connectivity index (χ1) is 17.9. The minimum atomic E-state index is -4.19. The fourth-order valence-corrected chi connectivity index (χ4v) is 4.89. The fourth-order valence-electron chi connectivity index (χ4n) is 3.28. The number of rotatable bonds is 9. The van der Waals surface area contributed by atoms with Gasteiger partial charge in [0.15, 0.2) is 11.5 Å². The van der Waals surface area contributed by atoms with Crippen molar-refractivity contribution >= 4 is 49.4 Å². The monoisotopic (exact) mass is 599 g/mol. The van der Waals surface area contributed by atoms with Gasteiger partial charge in [0.05, 0.1) is 16.0 Å². The van der Waals surface area contributed by atoms with Gasteiger partial charge in [0, 0.05) is 6.07 Å². The van der Waals surface area contributed by atoms with Gasteiger partial charge in [-0.25, -0.2) is 0 Å². The second-order valence-corrected chi connectivity index (χ2v) is 10.4. The van der Waals surface area contributed by atoms with Crippen molar-refractivity contribution in [1.82, 2.24) is 0 Å². The van der Waals surface area contributed by atoms with Crippen molar-refractivity contribution in [3.63, 3.8) is 0 Å². The van der Waals surface area contributed by atoms with Crippen molar-refractivity contribution in [1.29, 1.82) is 5.26 Å². The normalized spacial score (nSPS) is 11.4. The highest BCUT2D eigenvalue weighted by atomic mass is 79.9. The van der Waals surface area contributed by atoms with Crippen LogP contribution in [-0.2, 0) is 14.9 Å². The largest absolute Gasteiger partial charge is 0.490 e. The molecule has 0 aliphatic heterocycles. The number of benzene rings is 3. The van der Waals surface area contributed by atoms with Crippen LogP contribution < -0.4 is 14.2 Å². The van der Waals surface area contributed by atoms with E-state index in [0.717, 1.165) is 5.56 Å². The summed E-state index contributed by atoms with van der Waals surface area (Å²) in [7, 11) is -4.19. The highest BCUT2D eigenvalue weighted by molar-refractivity contribution is 9.10. The molecule has 3 aromatic carbocycles. The van der Waals surface area contributed by atoms with Gasteiger partial charge in [0.1, 0.15) is 22.2 Å². The van der Waals surface area contributed by atoms with Gasteiger partial charge in [0.25, 0.3) is 11.6 Å². The summed E-state index contributed by atoms with van der Waals surface area (Å²) < 4.78 is 36.8. The van der Waals surface area contributed by atoms with E-state index in [1.165, 1.54) is 42.5 Å². The number of amides is 1. The first-order valence-corrected chi connectivity index (χ1v) is 13.3. The van der Waals surface area contributed by atoms with Crippen molar-refractivity contribution in [3.05, 3.63) is 91.4 Å². The van der Waals surface area contributed by atoms with E-state index in [0.29, 0.717) is 11.1 Å². The van der Waals surface area contributed by atoms with Gasteiger partial charge < -0.3 is 14.2 Å². The minimum Gasteiger partial charge on any atom is -0.490 e. The Balaban J connectivity index is 1.96. The molecular formula is C26H22BrN3O7S. The van der Waals surface area contributed by atoms with Crippen LogP contribution in [0.3, 0.4) is 0 Å². The van der Waals surface area contributed by atoms with E-state index in [1.54, 1.807) is 38.1 Å². The molecule has 3 rings (SSSR count). The third-order valence-corrected chi connectivity index (χ3v) is 6.93. The Bertz CT molecular complexity index is 1580. The van der Waals surface area contributed by atoms with E-state index < -0.39 is 20.9 Å². The number of nitriles is 1. The number of aryl methyl sites for hydroxylation is 2. The molecular weight excluding hydrogens is 578 g/mol. The van der Waals surface area contributed by atoms with Crippen molar-refractivity contribution in [3.8, 4) is 17.6 Å². The number of carbonyl (C=O) groups is 1. The number of anilines is 1. The maximum absolute atomic E-state index is 12.8. The smallest absolute Gasteiger partial charge is 0.339 e. The van der Waals surface area contributed by atoms with E-state index in [2.05, 4.69) is 21.2 Å². The summed E-state index contributed by atoms with van der Waals surface area (Å²) in [6.07, 6.45) is 1.24. The molecule has 0 aliphatic rings. The summed E-state index contributed by atoms with van der Waals surface area (Å²) in [6, 6.07) is 15.0. The Morgan fingerprint density at radius 3 is 2.39 bits per heavy atom. The SMILES string of the molecule is CCOc1cc(/C=C(\C#N)C(=O)Nc2ccc(C)cc2[N+](=O)[O-])cc(Br)c1OS(=O)(=O)c1ccc(C)cc1. The van der Waals surface area contributed by atoms with Gasteiger partial charge in [-0.1, -0.05) is 23.8 Å². The summed E-state index contributed by atoms with van der Waals surface area (Å²) in [5.41, 5.74) is 1.10. The van der Waals surface area contributed by atoms with Crippen molar-refractivity contribution in [2.24, 2.45) is 0 Å². The number of carbonyl (C=O) groups excluding carboxylic acids is 1. The number of nitro groups is 1. The van der Waals surface area contributed by atoms with Gasteiger partial charge in [-0.05, 0) is 84.2 Å². The van der Waals surface area contributed by atoms with Crippen LogP contribution in [0.4, 0.5) is 11.4 Å². The van der Waals surface area contributed by atoms with Crippen LogP contribution in [0.25, 0.3) is 6.08 Å². The molecule has 0 aliphatic carbocycles. The van der Waals surface area contributed by atoms with E-state index in [-0.39, 0.29) is 44.4 Å². The first kappa shape index (κ1) is 28.4. The molecule has 0 saturated carbocycles. The molecule has 38 heavy (non-hydrogen) atoms. The summed E-state index contributed by atoms with van der Waals surface area (Å²) in [5.74, 6) is -0.922. The molecule has 1 amide bonds. The highest BCUT2D eigenvalue weighted by Gasteiger charge is 2.23. The Kier molecular flexibility index (Phi) is 8.88. The lowest BCUT2D eigenvalue weighted by Gasteiger charge is -2.15. The van der Waals surface area contributed by atoms with Crippen molar-refractivity contribution < 1.29 is 27.1 Å². The molecule has 0 aromatic heterocycles. The van der Waals surface area contributed by atoms with Crippen LogP contribution in [0, 0.1) is 35.3 Å². The molecule has 0 heterocycles. The zero-order chi connectivity index (χ0) is 28.0. The topological polar surface area (TPSA) is 149 Å². The Morgan fingerprint density at radius 1 is 1.13 bits per heavy atom. The van der Waals surface area contributed by atoms with E-state index in [1.807, 2.05) is 6.92 Å². The predicted octanol–water partition coefficient (Wildman–Crippen LogP) is 5.69. The van der Waals surface area contributed by atoms with Gasteiger partial charge in [0.2, 0.25) is 0 Å². The third kappa shape index (κ3) is 6.76. The highest BCUT2D eigenvalue weighted by Crippen LogP contribution is 2.39. The lowest BCUT2D eigenvalue weighted by Crippen LogP contribution is -2.14. The maximum Gasteiger partial charge on any atom is 0.339 e. The summed E-state index contributed by atoms with van der Waals surface area (Å²) in [6.45, 7) is 5.36. The molecule has 12 heteroatoms. The zero-order valence-corrected chi connectivity index (χ0v) is 22.9. The van der Waals surface area contributed by atoms with Crippen LogP contribution in [0.1, 0.15) is 23.6 Å². The van der Waals surface area contributed by atoms with Gasteiger partial charge >= 0.3 is 10.1 Å². The second kappa shape index (κ2) is 11.9. The third-order valence-electron chi connectivity index (χ3n) is 5.11. The number of ether oxygens (including phenoxy) is 1. The minimum absolute atomic E-state index is 0.0462. The molecule has 10 nitrogen and oxygen atoms in total. The van der Waals surface area contributed by atoms with Gasteiger partial charge in [-0.2, -0.15) is 13.7 Å². The predicted molar refractivity (Wildman–Crippen MR) is 144 cm³/mol. The number of nitro benzene ring substituents is 1.